The molecular weight excluding hydrogens is 312 g/mol. The number of benzene rings is 2. The lowest BCUT2D eigenvalue weighted by atomic mass is 10.1. The highest BCUT2D eigenvalue weighted by molar-refractivity contribution is 7.92. The van der Waals surface area contributed by atoms with Crippen LogP contribution in [0.25, 0.3) is 0 Å². The Kier molecular flexibility index (Phi) is 5.05. The molecule has 1 amide bonds. The molecule has 0 bridgehead atoms. The van der Waals surface area contributed by atoms with Crippen LogP contribution in [0.5, 0.6) is 0 Å². The number of nitrogens with one attached hydrogen (secondary N) is 1. The number of hydrogen-bond donors (Lipinski definition) is 1. The predicted octanol–water partition coefficient (Wildman–Crippen LogP) is 2.57. The number of nitrogens with zero attached hydrogens (tertiary/aromatic N) is 1. The van der Waals surface area contributed by atoms with E-state index >= 15 is 0 Å². The average molecular weight is 332 g/mol. The third-order valence-corrected chi connectivity index (χ3v) is 5.32. The van der Waals surface area contributed by atoms with Crippen LogP contribution in [-0.4, -0.2) is 27.9 Å². The topological polar surface area (TPSA) is 66.5 Å². The predicted molar refractivity (Wildman–Crippen MR) is 91.2 cm³/mol. The largest absolute Gasteiger partial charge is 0.352 e. The second-order valence-electron chi connectivity index (χ2n) is 5.15. The van der Waals surface area contributed by atoms with Crippen molar-refractivity contribution in [1.29, 1.82) is 0 Å². The molecule has 0 radical (unpaired) electrons. The number of anilines is 1. The number of amides is 1. The van der Waals surface area contributed by atoms with Crippen LogP contribution in [0.3, 0.4) is 0 Å². The summed E-state index contributed by atoms with van der Waals surface area (Å²) in [6, 6.07) is 13.2. The molecular formula is C17H20N2O3S. The van der Waals surface area contributed by atoms with Crippen molar-refractivity contribution in [2.45, 2.75) is 18.7 Å². The maximum Gasteiger partial charge on any atom is 0.264 e. The van der Waals surface area contributed by atoms with E-state index in [1.807, 2.05) is 6.92 Å². The Bertz CT molecular complexity index is 802. The Labute approximate surface area is 137 Å². The Morgan fingerprint density at radius 1 is 1.13 bits per heavy atom. The molecule has 0 unspecified atom stereocenters. The zero-order valence-corrected chi connectivity index (χ0v) is 14.2. The lowest BCUT2D eigenvalue weighted by Crippen LogP contribution is -2.27. The van der Waals surface area contributed by atoms with E-state index in [1.165, 1.54) is 11.4 Å². The van der Waals surface area contributed by atoms with Crippen molar-refractivity contribution in [3.63, 3.8) is 0 Å². The van der Waals surface area contributed by atoms with Crippen LogP contribution in [0, 0.1) is 6.92 Å². The van der Waals surface area contributed by atoms with Gasteiger partial charge in [-0.1, -0.05) is 18.2 Å². The summed E-state index contributed by atoms with van der Waals surface area (Å²) in [6.07, 6.45) is 0. The van der Waals surface area contributed by atoms with E-state index in [2.05, 4.69) is 5.32 Å². The molecule has 0 saturated carbocycles. The van der Waals surface area contributed by atoms with Crippen LogP contribution >= 0.6 is 0 Å². The summed E-state index contributed by atoms with van der Waals surface area (Å²) in [5.74, 6) is -0.171. The van der Waals surface area contributed by atoms with Crippen LogP contribution in [0.15, 0.2) is 53.4 Å². The number of sulfonamides is 1. The van der Waals surface area contributed by atoms with Crippen molar-refractivity contribution in [3.05, 3.63) is 59.7 Å². The number of hydrogen-bond acceptors (Lipinski definition) is 3. The maximum absolute atomic E-state index is 12.7. The minimum atomic E-state index is -3.63. The monoisotopic (exact) mass is 332 g/mol. The molecule has 0 saturated heterocycles. The van der Waals surface area contributed by atoms with E-state index in [-0.39, 0.29) is 10.8 Å². The molecule has 0 atom stereocenters. The van der Waals surface area contributed by atoms with Gasteiger partial charge in [-0.2, -0.15) is 0 Å². The van der Waals surface area contributed by atoms with Crippen molar-refractivity contribution in [1.82, 2.24) is 5.32 Å². The molecule has 0 aliphatic carbocycles. The van der Waals surface area contributed by atoms with Crippen molar-refractivity contribution >= 4 is 21.6 Å². The van der Waals surface area contributed by atoms with Gasteiger partial charge in [0.05, 0.1) is 10.6 Å². The minimum absolute atomic E-state index is 0.171. The summed E-state index contributed by atoms with van der Waals surface area (Å²) in [6.45, 7) is 4.18. The molecule has 0 heterocycles. The normalized spacial score (nSPS) is 11.1. The fourth-order valence-corrected chi connectivity index (χ4v) is 3.57. The van der Waals surface area contributed by atoms with Gasteiger partial charge in [-0.25, -0.2) is 8.42 Å². The first-order chi connectivity index (χ1) is 10.9. The standard InChI is InChI=1S/C17H20N2O3S/c1-4-18-17(20)14-10-11-16(13(2)12-14)19(3)23(21,22)15-8-6-5-7-9-15/h5-12H,4H2,1-3H3,(H,18,20). The smallest absolute Gasteiger partial charge is 0.264 e. The highest BCUT2D eigenvalue weighted by Gasteiger charge is 2.22. The maximum atomic E-state index is 12.7. The molecule has 0 aliphatic rings. The van der Waals surface area contributed by atoms with Crippen molar-refractivity contribution in [3.8, 4) is 0 Å². The van der Waals surface area contributed by atoms with E-state index in [0.717, 1.165) is 5.56 Å². The molecule has 5 nitrogen and oxygen atoms in total. The van der Waals surface area contributed by atoms with Crippen LogP contribution in [0.4, 0.5) is 5.69 Å². The van der Waals surface area contributed by atoms with E-state index in [1.54, 1.807) is 55.5 Å². The van der Waals surface area contributed by atoms with E-state index in [9.17, 15) is 13.2 Å². The molecule has 6 heteroatoms. The average Bonchev–Trinajstić information content (AvgIpc) is 2.55. The van der Waals surface area contributed by atoms with Gasteiger partial charge >= 0.3 is 0 Å². The summed E-state index contributed by atoms with van der Waals surface area (Å²) < 4.78 is 26.5. The second kappa shape index (κ2) is 6.83. The Morgan fingerprint density at radius 3 is 2.35 bits per heavy atom. The molecule has 0 spiro atoms. The first-order valence-corrected chi connectivity index (χ1v) is 8.74. The Balaban J connectivity index is 2.37. The van der Waals surface area contributed by atoms with Crippen LogP contribution < -0.4 is 9.62 Å². The molecule has 1 N–H and O–H groups in total. The van der Waals surface area contributed by atoms with Gasteiger partial charge in [-0.05, 0) is 49.7 Å². The number of carbonyl (C=O) groups excluding carboxylic acids is 1. The quantitative estimate of drug-likeness (QED) is 0.915. The summed E-state index contributed by atoms with van der Waals surface area (Å²) in [7, 11) is -2.11. The zero-order chi connectivity index (χ0) is 17.0. The van der Waals surface area contributed by atoms with Crippen LogP contribution in [0.1, 0.15) is 22.8 Å². The van der Waals surface area contributed by atoms with Gasteiger partial charge < -0.3 is 5.32 Å². The van der Waals surface area contributed by atoms with Gasteiger partial charge in [0.15, 0.2) is 0 Å². The fraction of sp³-hybridized carbons (Fsp3) is 0.235. The summed E-state index contributed by atoms with van der Waals surface area (Å²) >= 11 is 0. The van der Waals surface area contributed by atoms with Crippen LogP contribution in [0.2, 0.25) is 0 Å². The molecule has 2 aromatic rings. The molecule has 0 fully saturated rings. The first kappa shape index (κ1) is 17.0. The van der Waals surface area contributed by atoms with E-state index < -0.39 is 10.0 Å². The number of aryl methyl sites for hydroxylation is 1. The summed E-state index contributed by atoms with van der Waals surface area (Å²) in [4.78, 5) is 12.1. The highest BCUT2D eigenvalue weighted by Crippen LogP contribution is 2.26. The lowest BCUT2D eigenvalue weighted by Gasteiger charge is -2.22. The second-order valence-corrected chi connectivity index (χ2v) is 7.12. The lowest BCUT2D eigenvalue weighted by molar-refractivity contribution is 0.0955. The van der Waals surface area contributed by atoms with Gasteiger partial charge in [0.1, 0.15) is 0 Å². The molecule has 122 valence electrons. The minimum Gasteiger partial charge on any atom is -0.352 e. The molecule has 2 rings (SSSR count). The first-order valence-electron chi connectivity index (χ1n) is 7.30. The van der Waals surface area contributed by atoms with Gasteiger partial charge in [-0.3, -0.25) is 9.10 Å². The van der Waals surface area contributed by atoms with E-state index in [4.69, 9.17) is 0 Å². The molecule has 2 aromatic carbocycles. The van der Waals surface area contributed by atoms with E-state index in [0.29, 0.717) is 17.8 Å². The molecule has 0 aromatic heterocycles. The number of carbonyl (C=O) groups is 1. The SMILES string of the molecule is CCNC(=O)c1ccc(N(C)S(=O)(=O)c2ccccc2)c(C)c1. The van der Waals surface area contributed by atoms with Gasteiger partial charge in [0.2, 0.25) is 0 Å². The number of rotatable bonds is 5. The Hall–Kier alpha value is -2.34. The Morgan fingerprint density at radius 2 is 1.78 bits per heavy atom. The molecule has 0 aliphatic heterocycles. The van der Waals surface area contributed by atoms with Gasteiger partial charge in [-0.15, -0.1) is 0 Å². The van der Waals surface area contributed by atoms with Gasteiger partial charge in [0.25, 0.3) is 15.9 Å². The molecule has 23 heavy (non-hydrogen) atoms. The van der Waals surface area contributed by atoms with Crippen molar-refractivity contribution < 1.29 is 13.2 Å². The van der Waals surface area contributed by atoms with Crippen molar-refractivity contribution in [2.75, 3.05) is 17.9 Å². The van der Waals surface area contributed by atoms with Crippen molar-refractivity contribution in [2.24, 2.45) is 0 Å². The summed E-state index contributed by atoms with van der Waals surface area (Å²) in [5, 5.41) is 2.72. The van der Waals surface area contributed by atoms with Gasteiger partial charge in [0, 0.05) is 19.2 Å². The summed E-state index contributed by atoms with van der Waals surface area (Å²) in [5.41, 5.74) is 1.77. The van der Waals surface area contributed by atoms with Crippen LogP contribution in [-0.2, 0) is 10.0 Å². The third-order valence-electron chi connectivity index (χ3n) is 3.54. The zero-order valence-electron chi connectivity index (χ0n) is 13.4. The fourth-order valence-electron chi connectivity index (χ4n) is 2.29. The third kappa shape index (κ3) is 3.53. The highest BCUT2D eigenvalue weighted by atomic mass is 32.2.